The third-order valence-electron chi connectivity index (χ3n) is 2.49. The summed E-state index contributed by atoms with van der Waals surface area (Å²) in [6, 6.07) is 0. The van der Waals surface area contributed by atoms with Crippen LogP contribution in [0.15, 0.2) is 11.7 Å². The Morgan fingerprint density at radius 3 is 2.88 bits per heavy atom. The summed E-state index contributed by atoms with van der Waals surface area (Å²) in [5.74, 6) is 0.884. The molecule has 2 heterocycles. The lowest BCUT2D eigenvalue weighted by molar-refractivity contribution is 0.158. The standard InChI is InChI=1S/C12H17N3OS/c1-8-5-17-10-9(8)13-7-14-11(10)15-12(2,3)6-16-4/h5,7H,6H2,1-4H3,(H,13,14,15). The zero-order valence-electron chi connectivity index (χ0n) is 10.6. The van der Waals surface area contributed by atoms with Crippen molar-refractivity contribution in [2.24, 2.45) is 0 Å². The van der Waals surface area contributed by atoms with Gasteiger partial charge in [-0.2, -0.15) is 0 Å². The van der Waals surface area contributed by atoms with Gasteiger partial charge in [-0.1, -0.05) is 0 Å². The van der Waals surface area contributed by atoms with Crippen LogP contribution in [0, 0.1) is 6.92 Å². The molecule has 0 aliphatic heterocycles. The van der Waals surface area contributed by atoms with E-state index in [0.29, 0.717) is 6.61 Å². The van der Waals surface area contributed by atoms with Crippen LogP contribution in [-0.2, 0) is 4.74 Å². The number of thiophene rings is 1. The molecule has 2 aromatic heterocycles. The van der Waals surface area contributed by atoms with E-state index in [-0.39, 0.29) is 5.54 Å². The first-order valence-electron chi connectivity index (χ1n) is 5.49. The van der Waals surface area contributed by atoms with Crippen molar-refractivity contribution in [2.45, 2.75) is 26.3 Å². The van der Waals surface area contributed by atoms with Gasteiger partial charge in [0.1, 0.15) is 12.1 Å². The molecule has 2 rings (SSSR count). The van der Waals surface area contributed by atoms with Crippen LogP contribution in [0.5, 0.6) is 0 Å². The van der Waals surface area contributed by atoms with Crippen LogP contribution < -0.4 is 5.32 Å². The molecule has 0 atom stereocenters. The lowest BCUT2D eigenvalue weighted by atomic mass is 10.1. The maximum Gasteiger partial charge on any atom is 0.147 e. The van der Waals surface area contributed by atoms with E-state index < -0.39 is 0 Å². The molecule has 0 aliphatic carbocycles. The molecule has 2 aromatic rings. The van der Waals surface area contributed by atoms with Crippen molar-refractivity contribution >= 4 is 27.4 Å². The number of ether oxygens (including phenoxy) is 1. The number of nitrogens with zero attached hydrogens (tertiary/aromatic N) is 2. The first kappa shape index (κ1) is 12.3. The zero-order chi connectivity index (χ0) is 12.5. The molecule has 1 N–H and O–H groups in total. The maximum atomic E-state index is 5.19. The Bertz CT molecular complexity index is 521. The van der Waals surface area contributed by atoms with Gasteiger partial charge >= 0.3 is 0 Å². The van der Waals surface area contributed by atoms with E-state index in [4.69, 9.17) is 4.74 Å². The van der Waals surface area contributed by atoms with Gasteiger partial charge in [-0.15, -0.1) is 11.3 Å². The van der Waals surface area contributed by atoms with Gasteiger partial charge in [0.05, 0.1) is 22.4 Å². The fourth-order valence-electron chi connectivity index (χ4n) is 1.78. The van der Waals surface area contributed by atoms with E-state index in [2.05, 4.69) is 41.4 Å². The molecule has 0 aromatic carbocycles. The minimum atomic E-state index is -0.145. The molecular formula is C12H17N3OS. The van der Waals surface area contributed by atoms with Gasteiger partial charge in [0, 0.05) is 7.11 Å². The monoisotopic (exact) mass is 251 g/mol. The van der Waals surface area contributed by atoms with Crippen molar-refractivity contribution < 1.29 is 4.74 Å². The van der Waals surface area contributed by atoms with Crippen molar-refractivity contribution in [1.82, 2.24) is 9.97 Å². The fourth-order valence-corrected chi connectivity index (χ4v) is 2.72. The second-order valence-electron chi connectivity index (χ2n) is 4.76. The Hall–Kier alpha value is -1.20. The number of fused-ring (bicyclic) bond motifs is 1. The Labute approximate surface area is 105 Å². The largest absolute Gasteiger partial charge is 0.382 e. The first-order valence-corrected chi connectivity index (χ1v) is 6.37. The molecule has 0 saturated carbocycles. The fraction of sp³-hybridized carbons (Fsp3) is 0.500. The van der Waals surface area contributed by atoms with Crippen LogP contribution in [0.2, 0.25) is 0 Å². The molecule has 4 nitrogen and oxygen atoms in total. The highest BCUT2D eigenvalue weighted by Crippen LogP contribution is 2.29. The van der Waals surface area contributed by atoms with Crippen molar-refractivity contribution in [3.63, 3.8) is 0 Å². The minimum Gasteiger partial charge on any atom is -0.382 e. The summed E-state index contributed by atoms with van der Waals surface area (Å²) in [5, 5.41) is 5.51. The van der Waals surface area contributed by atoms with Crippen LogP contribution in [-0.4, -0.2) is 29.2 Å². The molecule has 0 aliphatic rings. The second-order valence-corrected chi connectivity index (χ2v) is 5.64. The van der Waals surface area contributed by atoms with E-state index in [9.17, 15) is 0 Å². The van der Waals surface area contributed by atoms with Crippen LogP contribution in [0.25, 0.3) is 10.2 Å². The minimum absolute atomic E-state index is 0.145. The average molecular weight is 251 g/mol. The Kier molecular flexibility index (Phi) is 3.31. The molecule has 0 bridgehead atoms. The molecule has 0 saturated heterocycles. The summed E-state index contributed by atoms with van der Waals surface area (Å²) >= 11 is 1.67. The normalized spacial score (nSPS) is 12.0. The van der Waals surface area contributed by atoms with Crippen LogP contribution >= 0.6 is 11.3 Å². The van der Waals surface area contributed by atoms with Crippen molar-refractivity contribution in [3.05, 3.63) is 17.3 Å². The first-order chi connectivity index (χ1) is 8.03. The van der Waals surface area contributed by atoms with E-state index in [1.807, 2.05) is 0 Å². The van der Waals surface area contributed by atoms with Gasteiger partial charge in [-0.3, -0.25) is 0 Å². The highest BCUT2D eigenvalue weighted by atomic mass is 32.1. The smallest absolute Gasteiger partial charge is 0.147 e. The van der Waals surface area contributed by atoms with Gasteiger partial charge in [-0.25, -0.2) is 9.97 Å². The summed E-state index contributed by atoms with van der Waals surface area (Å²) < 4.78 is 6.30. The summed E-state index contributed by atoms with van der Waals surface area (Å²) in [7, 11) is 1.70. The van der Waals surface area contributed by atoms with Crippen molar-refractivity contribution in [1.29, 1.82) is 0 Å². The highest BCUT2D eigenvalue weighted by Gasteiger charge is 2.19. The quantitative estimate of drug-likeness (QED) is 0.907. The van der Waals surface area contributed by atoms with E-state index in [0.717, 1.165) is 16.0 Å². The molecule has 0 spiro atoms. The number of hydrogen-bond donors (Lipinski definition) is 1. The topological polar surface area (TPSA) is 47.0 Å². The molecule has 5 heteroatoms. The predicted molar refractivity (Wildman–Crippen MR) is 71.7 cm³/mol. The molecule has 92 valence electrons. The molecule has 0 amide bonds. The lowest BCUT2D eigenvalue weighted by Gasteiger charge is -2.25. The van der Waals surface area contributed by atoms with Crippen LogP contribution in [0.4, 0.5) is 5.82 Å². The molecule has 0 unspecified atom stereocenters. The van der Waals surface area contributed by atoms with Gasteiger partial charge in [0.25, 0.3) is 0 Å². The molecule has 0 fully saturated rings. The zero-order valence-corrected chi connectivity index (χ0v) is 11.4. The van der Waals surface area contributed by atoms with E-state index in [1.54, 1.807) is 24.8 Å². The Morgan fingerprint density at radius 1 is 1.41 bits per heavy atom. The van der Waals surface area contributed by atoms with E-state index >= 15 is 0 Å². The number of methoxy groups -OCH3 is 1. The number of aromatic nitrogens is 2. The van der Waals surface area contributed by atoms with Crippen molar-refractivity contribution in [2.75, 3.05) is 19.0 Å². The number of aryl methyl sites for hydroxylation is 1. The lowest BCUT2D eigenvalue weighted by Crippen LogP contribution is -2.36. The summed E-state index contributed by atoms with van der Waals surface area (Å²) in [4.78, 5) is 8.63. The summed E-state index contributed by atoms with van der Waals surface area (Å²) in [6.45, 7) is 6.87. The van der Waals surface area contributed by atoms with E-state index in [1.165, 1.54) is 5.56 Å². The second kappa shape index (κ2) is 4.58. The van der Waals surface area contributed by atoms with Crippen molar-refractivity contribution in [3.8, 4) is 0 Å². The third-order valence-corrected chi connectivity index (χ3v) is 3.59. The van der Waals surface area contributed by atoms with Gasteiger partial charge in [-0.05, 0) is 31.7 Å². The molecule has 0 radical (unpaired) electrons. The Balaban J connectivity index is 2.36. The van der Waals surface area contributed by atoms with Gasteiger partial charge in [0.2, 0.25) is 0 Å². The number of hydrogen-bond acceptors (Lipinski definition) is 5. The van der Waals surface area contributed by atoms with Gasteiger partial charge in [0.15, 0.2) is 0 Å². The highest BCUT2D eigenvalue weighted by molar-refractivity contribution is 7.18. The summed E-state index contributed by atoms with van der Waals surface area (Å²) in [6.07, 6.45) is 1.60. The SMILES string of the molecule is COCC(C)(C)Nc1ncnc2c(C)csc12. The molecule has 17 heavy (non-hydrogen) atoms. The Morgan fingerprint density at radius 2 is 2.18 bits per heavy atom. The number of anilines is 1. The average Bonchev–Trinajstić information content (AvgIpc) is 2.61. The molecular weight excluding hydrogens is 234 g/mol. The maximum absolute atomic E-state index is 5.19. The number of nitrogens with one attached hydrogen (secondary N) is 1. The summed E-state index contributed by atoms with van der Waals surface area (Å²) in [5.41, 5.74) is 2.08. The van der Waals surface area contributed by atoms with Crippen LogP contribution in [0.3, 0.4) is 0 Å². The van der Waals surface area contributed by atoms with Gasteiger partial charge < -0.3 is 10.1 Å². The third kappa shape index (κ3) is 2.56. The predicted octanol–water partition coefficient (Wildman–Crippen LogP) is 2.84. The number of rotatable bonds is 4. The van der Waals surface area contributed by atoms with Crippen LogP contribution in [0.1, 0.15) is 19.4 Å².